The summed E-state index contributed by atoms with van der Waals surface area (Å²) < 4.78 is 0. The first kappa shape index (κ1) is 22.3. The van der Waals surface area contributed by atoms with Crippen molar-refractivity contribution in [3.05, 3.63) is 77.6 Å². The number of nitrogens with zero attached hydrogens (tertiary/aromatic N) is 4. The van der Waals surface area contributed by atoms with Gasteiger partial charge < -0.3 is 16.4 Å². The molecule has 2 heterocycles. The maximum atomic E-state index is 6.26. The molecule has 0 saturated heterocycles. The van der Waals surface area contributed by atoms with E-state index in [1.807, 2.05) is 18.2 Å². The molecule has 0 bridgehead atoms. The zero-order chi connectivity index (χ0) is 23.2. The van der Waals surface area contributed by atoms with E-state index >= 15 is 0 Å². The van der Waals surface area contributed by atoms with Gasteiger partial charge in [-0.2, -0.15) is 0 Å². The van der Waals surface area contributed by atoms with Crippen LogP contribution < -0.4 is 16.4 Å². The number of hydrogen-bond acceptors (Lipinski definition) is 6. The zero-order valence-electron chi connectivity index (χ0n) is 19.0. The Bertz CT molecular complexity index is 1310. The Morgan fingerprint density at radius 2 is 1.70 bits per heavy atom. The smallest absolute Gasteiger partial charge is 0.165 e. The summed E-state index contributed by atoms with van der Waals surface area (Å²) in [5.74, 6) is 6.55. The van der Waals surface area contributed by atoms with Crippen LogP contribution in [0.2, 0.25) is 0 Å². The largest absolute Gasteiger partial charge is 0.383 e. The molecular weight excluding hydrogens is 408 g/mol. The number of pyridine rings is 1. The van der Waals surface area contributed by atoms with Crippen molar-refractivity contribution in [3.63, 3.8) is 0 Å². The van der Waals surface area contributed by atoms with E-state index in [0.717, 1.165) is 46.4 Å². The molecule has 6 heteroatoms. The maximum Gasteiger partial charge on any atom is 0.165 e. The Balaban J connectivity index is 1.81. The number of rotatable bonds is 6. The molecule has 0 amide bonds. The molecule has 0 spiro atoms. The molecule has 166 valence electrons. The van der Waals surface area contributed by atoms with Crippen LogP contribution in [0.5, 0.6) is 0 Å². The van der Waals surface area contributed by atoms with Gasteiger partial charge in [0.15, 0.2) is 5.65 Å². The highest BCUT2D eigenvalue weighted by Gasteiger charge is 2.14. The van der Waals surface area contributed by atoms with E-state index in [9.17, 15) is 0 Å². The molecule has 0 aliphatic rings. The van der Waals surface area contributed by atoms with Gasteiger partial charge in [-0.15, -0.1) is 0 Å². The molecule has 0 radical (unpaired) electrons. The predicted octanol–water partition coefficient (Wildman–Crippen LogP) is 4.02. The molecular formula is C27H28N6. The second-order valence-corrected chi connectivity index (χ2v) is 7.68. The van der Waals surface area contributed by atoms with Gasteiger partial charge in [-0.05, 0) is 55.7 Å². The molecule has 2 aromatic heterocycles. The molecule has 2 aromatic carbocycles. The Hall–Kier alpha value is -3.95. The fraction of sp³-hybridized carbons (Fsp3) is 0.222. The normalized spacial score (nSPS) is 10.6. The van der Waals surface area contributed by atoms with E-state index < -0.39 is 0 Å². The van der Waals surface area contributed by atoms with Crippen LogP contribution in [0, 0.1) is 11.8 Å². The average Bonchev–Trinajstić information content (AvgIpc) is 2.84. The number of nitrogen functional groups attached to an aromatic ring is 1. The monoisotopic (exact) mass is 436 g/mol. The fourth-order valence-corrected chi connectivity index (χ4v) is 4.03. The zero-order valence-corrected chi connectivity index (χ0v) is 19.0. The molecule has 0 unspecified atom stereocenters. The van der Waals surface area contributed by atoms with Crippen molar-refractivity contribution >= 4 is 22.5 Å². The molecule has 4 rings (SSSR count). The van der Waals surface area contributed by atoms with Crippen molar-refractivity contribution in [2.45, 2.75) is 20.3 Å². The molecule has 0 aliphatic heterocycles. The van der Waals surface area contributed by atoms with Gasteiger partial charge in [0.1, 0.15) is 12.1 Å². The molecule has 6 nitrogen and oxygen atoms in total. The van der Waals surface area contributed by atoms with Crippen molar-refractivity contribution in [2.75, 3.05) is 30.3 Å². The summed E-state index contributed by atoms with van der Waals surface area (Å²) in [6.07, 6.45) is 2.10. The van der Waals surface area contributed by atoms with Gasteiger partial charge in [0.05, 0.1) is 17.6 Å². The molecule has 0 aliphatic carbocycles. The Morgan fingerprint density at radius 3 is 2.42 bits per heavy atom. The lowest BCUT2D eigenvalue weighted by Gasteiger charge is -2.21. The third-order valence-corrected chi connectivity index (χ3v) is 5.73. The van der Waals surface area contributed by atoms with Gasteiger partial charge in [-0.1, -0.05) is 42.2 Å². The van der Waals surface area contributed by atoms with Crippen molar-refractivity contribution in [1.82, 2.24) is 15.0 Å². The highest BCUT2D eigenvalue weighted by Crippen LogP contribution is 2.29. The summed E-state index contributed by atoms with van der Waals surface area (Å²) in [5.41, 5.74) is 18.6. The first-order chi connectivity index (χ1) is 16.1. The third-order valence-electron chi connectivity index (χ3n) is 5.73. The minimum atomic E-state index is 0.320. The van der Waals surface area contributed by atoms with E-state index in [-0.39, 0.29) is 0 Å². The van der Waals surface area contributed by atoms with Gasteiger partial charge in [0, 0.05) is 29.9 Å². The summed E-state index contributed by atoms with van der Waals surface area (Å²) in [4.78, 5) is 15.8. The summed E-state index contributed by atoms with van der Waals surface area (Å²) >= 11 is 0. The Morgan fingerprint density at radius 1 is 0.939 bits per heavy atom. The average molecular weight is 437 g/mol. The SMILES string of the molecule is CCN(CC)c1ccc(-c2cc(Cc3ccccc3C#CCN)c3c(N)ncnc3n2)cc1. The highest BCUT2D eigenvalue weighted by molar-refractivity contribution is 5.90. The highest BCUT2D eigenvalue weighted by atomic mass is 15.1. The first-order valence-corrected chi connectivity index (χ1v) is 11.2. The first-order valence-electron chi connectivity index (χ1n) is 11.2. The van der Waals surface area contributed by atoms with E-state index in [4.69, 9.17) is 16.5 Å². The summed E-state index contributed by atoms with van der Waals surface area (Å²) in [6.45, 7) is 6.58. The molecule has 0 saturated carbocycles. The predicted molar refractivity (Wildman–Crippen MR) is 136 cm³/mol. The second kappa shape index (κ2) is 10.1. The van der Waals surface area contributed by atoms with Gasteiger partial charge in [-0.3, -0.25) is 0 Å². The molecule has 0 atom stereocenters. The quantitative estimate of drug-likeness (QED) is 0.444. The van der Waals surface area contributed by atoms with Gasteiger partial charge in [0.2, 0.25) is 0 Å². The Labute approximate surface area is 194 Å². The summed E-state index contributed by atoms with van der Waals surface area (Å²) in [6, 6.07) is 18.7. The van der Waals surface area contributed by atoms with E-state index in [0.29, 0.717) is 24.4 Å². The van der Waals surface area contributed by atoms with E-state index in [1.165, 1.54) is 12.0 Å². The van der Waals surface area contributed by atoms with Crippen LogP contribution in [0.4, 0.5) is 11.5 Å². The number of hydrogen-bond donors (Lipinski definition) is 2. The fourth-order valence-electron chi connectivity index (χ4n) is 4.03. The molecule has 4 N–H and O–H groups in total. The van der Waals surface area contributed by atoms with Crippen LogP contribution in [-0.4, -0.2) is 34.6 Å². The lowest BCUT2D eigenvalue weighted by atomic mass is 9.96. The minimum Gasteiger partial charge on any atom is -0.383 e. The lowest BCUT2D eigenvalue weighted by Crippen LogP contribution is -2.21. The van der Waals surface area contributed by atoms with Gasteiger partial charge in [0.25, 0.3) is 0 Å². The van der Waals surface area contributed by atoms with Crippen molar-refractivity contribution in [2.24, 2.45) is 5.73 Å². The van der Waals surface area contributed by atoms with Gasteiger partial charge >= 0.3 is 0 Å². The summed E-state index contributed by atoms with van der Waals surface area (Å²) in [7, 11) is 0. The van der Waals surface area contributed by atoms with Crippen LogP contribution in [0.1, 0.15) is 30.5 Å². The number of anilines is 2. The van der Waals surface area contributed by atoms with E-state index in [1.54, 1.807) is 0 Å². The molecule has 0 fully saturated rings. The number of aromatic nitrogens is 3. The van der Waals surface area contributed by atoms with Crippen molar-refractivity contribution in [1.29, 1.82) is 0 Å². The molecule has 33 heavy (non-hydrogen) atoms. The standard InChI is InChI=1S/C27H28N6/c1-3-33(4-2)23-13-11-20(12-14-23)24-17-22(25-26(29)30-18-31-27(25)32-24)16-21-9-6-5-8-19(21)10-7-15-28/h5-6,8-9,11-14,17-18H,3-4,15-16,28H2,1-2H3,(H2,29,30,31,32). The number of benzene rings is 2. The molecule has 4 aromatic rings. The maximum absolute atomic E-state index is 6.26. The second-order valence-electron chi connectivity index (χ2n) is 7.68. The van der Waals surface area contributed by atoms with Crippen LogP contribution in [-0.2, 0) is 6.42 Å². The van der Waals surface area contributed by atoms with E-state index in [2.05, 4.69) is 77.0 Å². The number of fused-ring (bicyclic) bond motifs is 1. The lowest BCUT2D eigenvalue weighted by molar-refractivity contribution is 0.866. The minimum absolute atomic E-state index is 0.320. The van der Waals surface area contributed by atoms with Crippen molar-refractivity contribution < 1.29 is 0 Å². The van der Waals surface area contributed by atoms with Crippen LogP contribution in [0.25, 0.3) is 22.3 Å². The van der Waals surface area contributed by atoms with Crippen LogP contribution in [0.3, 0.4) is 0 Å². The third kappa shape index (κ3) is 4.79. The van der Waals surface area contributed by atoms with Crippen molar-refractivity contribution in [3.8, 4) is 23.1 Å². The van der Waals surface area contributed by atoms with Crippen LogP contribution >= 0.6 is 0 Å². The topological polar surface area (TPSA) is 94.0 Å². The summed E-state index contributed by atoms with van der Waals surface area (Å²) in [5, 5.41) is 0.780. The number of nitrogens with two attached hydrogens (primary N) is 2. The van der Waals surface area contributed by atoms with Gasteiger partial charge in [-0.25, -0.2) is 15.0 Å². The van der Waals surface area contributed by atoms with Crippen LogP contribution in [0.15, 0.2) is 60.9 Å². The Kier molecular flexibility index (Phi) is 6.82.